The summed E-state index contributed by atoms with van der Waals surface area (Å²) in [5, 5.41) is 4.74. The second-order valence-electron chi connectivity index (χ2n) is 7.42. The van der Waals surface area contributed by atoms with E-state index >= 15 is 0 Å². The highest BCUT2D eigenvalue weighted by atomic mass is 35.5. The minimum absolute atomic E-state index is 0.0207. The summed E-state index contributed by atoms with van der Waals surface area (Å²) in [6.45, 7) is 2.12. The quantitative estimate of drug-likeness (QED) is 0.786. The summed E-state index contributed by atoms with van der Waals surface area (Å²) >= 11 is 6.03. The van der Waals surface area contributed by atoms with E-state index in [4.69, 9.17) is 11.6 Å². The van der Waals surface area contributed by atoms with Gasteiger partial charge in [0.1, 0.15) is 0 Å². The molecule has 0 saturated carbocycles. The number of nitrogens with zero attached hydrogens (tertiary/aromatic N) is 5. The van der Waals surface area contributed by atoms with Crippen LogP contribution in [0.2, 0.25) is 5.02 Å². The molecule has 1 aromatic heterocycles. The summed E-state index contributed by atoms with van der Waals surface area (Å²) in [6.07, 6.45) is 4.38. The van der Waals surface area contributed by atoms with Gasteiger partial charge in [-0.3, -0.25) is 19.2 Å². The lowest BCUT2D eigenvalue weighted by Crippen LogP contribution is -2.64. The van der Waals surface area contributed by atoms with Crippen LogP contribution in [0.4, 0.5) is 5.69 Å². The van der Waals surface area contributed by atoms with Gasteiger partial charge in [-0.1, -0.05) is 17.7 Å². The van der Waals surface area contributed by atoms with Gasteiger partial charge in [-0.2, -0.15) is 5.10 Å². The minimum atomic E-state index is -0.252. The van der Waals surface area contributed by atoms with Crippen molar-refractivity contribution in [2.75, 3.05) is 38.1 Å². The van der Waals surface area contributed by atoms with Gasteiger partial charge in [-0.05, 0) is 31.7 Å². The molecule has 27 heavy (non-hydrogen) atoms. The van der Waals surface area contributed by atoms with Crippen LogP contribution >= 0.6 is 11.6 Å². The molecule has 0 bridgehead atoms. The third kappa shape index (κ3) is 3.21. The van der Waals surface area contributed by atoms with Crippen LogP contribution in [0, 0.1) is 0 Å². The van der Waals surface area contributed by atoms with E-state index in [0.29, 0.717) is 36.8 Å². The fourth-order valence-corrected chi connectivity index (χ4v) is 4.21. The fourth-order valence-electron chi connectivity index (χ4n) is 4.02. The van der Waals surface area contributed by atoms with Crippen molar-refractivity contribution in [1.82, 2.24) is 19.6 Å². The summed E-state index contributed by atoms with van der Waals surface area (Å²) in [7, 11) is 3.80. The van der Waals surface area contributed by atoms with Gasteiger partial charge in [0.25, 0.3) is 5.91 Å². The molecule has 2 amide bonds. The number of benzene rings is 1. The number of halogens is 1. The van der Waals surface area contributed by atoms with Gasteiger partial charge in [0.2, 0.25) is 5.91 Å². The van der Waals surface area contributed by atoms with Crippen molar-refractivity contribution < 1.29 is 9.59 Å². The summed E-state index contributed by atoms with van der Waals surface area (Å²) < 4.78 is 1.69. The number of hydrogen-bond acceptors (Lipinski definition) is 4. The zero-order valence-electron chi connectivity index (χ0n) is 15.4. The maximum atomic E-state index is 12.9. The van der Waals surface area contributed by atoms with Crippen molar-refractivity contribution in [3.63, 3.8) is 0 Å². The van der Waals surface area contributed by atoms with Crippen molar-refractivity contribution in [3.05, 3.63) is 47.2 Å². The minimum Gasteiger partial charge on any atom is -0.337 e. The first-order chi connectivity index (χ1) is 12.9. The molecule has 2 aromatic rings. The fraction of sp³-hybridized carbons (Fsp3) is 0.421. The average molecular weight is 388 g/mol. The molecule has 0 N–H and O–H groups in total. The monoisotopic (exact) mass is 387 g/mol. The Labute approximate surface area is 163 Å². The molecule has 2 saturated heterocycles. The van der Waals surface area contributed by atoms with Gasteiger partial charge in [0.15, 0.2) is 0 Å². The van der Waals surface area contributed by atoms with E-state index < -0.39 is 0 Å². The lowest BCUT2D eigenvalue weighted by molar-refractivity contribution is -0.123. The van der Waals surface area contributed by atoms with Crippen LogP contribution in [0.5, 0.6) is 0 Å². The molecule has 4 rings (SSSR count). The number of carbonyl (C=O) groups is 2. The number of hydrogen-bond donors (Lipinski definition) is 0. The second-order valence-corrected chi connectivity index (χ2v) is 7.86. The van der Waals surface area contributed by atoms with Crippen molar-refractivity contribution >= 4 is 29.1 Å². The smallest absolute Gasteiger partial charge is 0.253 e. The number of aryl methyl sites for hydroxylation is 1. The molecule has 0 unspecified atom stereocenters. The Kier molecular flexibility index (Phi) is 4.44. The highest BCUT2D eigenvalue weighted by Gasteiger charge is 2.48. The zero-order valence-corrected chi connectivity index (χ0v) is 16.2. The number of anilines is 1. The van der Waals surface area contributed by atoms with E-state index in [1.54, 1.807) is 40.0 Å². The molecule has 3 heterocycles. The Morgan fingerprint density at radius 2 is 2.07 bits per heavy atom. The highest BCUT2D eigenvalue weighted by Crippen LogP contribution is 2.34. The summed E-state index contributed by atoms with van der Waals surface area (Å²) in [4.78, 5) is 31.2. The molecule has 2 fully saturated rings. The third-order valence-electron chi connectivity index (χ3n) is 5.63. The second kappa shape index (κ2) is 6.65. The topological polar surface area (TPSA) is 61.7 Å². The molecular weight excluding hydrogens is 366 g/mol. The Morgan fingerprint density at radius 3 is 2.78 bits per heavy atom. The van der Waals surface area contributed by atoms with Gasteiger partial charge >= 0.3 is 0 Å². The molecule has 1 spiro atoms. The van der Waals surface area contributed by atoms with Crippen molar-refractivity contribution in [2.24, 2.45) is 7.05 Å². The van der Waals surface area contributed by atoms with E-state index in [0.717, 1.165) is 12.1 Å². The molecule has 7 nitrogen and oxygen atoms in total. The number of likely N-dealkylation sites (N-methyl/N-ethyl adjacent to an activating group) is 1. The lowest BCUT2D eigenvalue weighted by Gasteiger charge is -2.46. The van der Waals surface area contributed by atoms with Crippen LogP contribution < -0.4 is 4.90 Å². The van der Waals surface area contributed by atoms with Crippen LogP contribution in [0.3, 0.4) is 0 Å². The molecule has 8 heteroatoms. The van der Waals surface area contributed by atoms with E-state index in [1.165, 1.54) is 0 Å². The Bertz CT molecular complexity index is 898. The summed E-state index contributed by atoms with van der Waals surface area (Å²) in [6, 6.07) is 7.03. The van der Waals surface area contributed by atoms with Crippen molar-refractivity contribution in [1.29, 1.82) is 0 Å². The van der Waals surface area contributed by atoms with Crippen molar-refractivity contribution in [2.45, 2.75) is 12.0 Å². The Morgan fingerprint density at radius 1 is 1.26 bits per heavy atom. The van der Waals surface area contributed by atoms with E-state index in [9.17, 15) is 9.59 Å². The number of carbonyl (C=O) groups excluding carboxylic acids is 2. The molecule has 142 valence electrons. The predicted octanol–water partition coefficient (Wildman–Crippen LogP) is 1.64. The van der Waals surface area contributed by atoms with Crippen molar-refractivity contribution in [3.8, 4) is 0 Å². The average Bonchev–Trinajstić information content (AvgIpc) is 3.25. The Balaban J connectivity index is 1.56. The molecule has 1 atom stereocenters. The Hall–Kier alpha value is -2.38. The largest absolute Gasteiger partial charge is 0.337 e. The van der Waals surface area contributed by atoms with Gasteiger partial charge in [0, 0.05) is 43.5 Å². The zero-order chi connectivity index (χ0) is 19.2. The van der Waals surface area contributed by atoms with Gasteiger partial charge in [-0.25, -0.2) is 0 Å². The van der Waals surface area contributed by atoms with Gasteiger partial charge < -0.3 is 9.80 Å². The first-order valence-corrected chi connectivity index (χ1v) is 9.31. The summed E-state index contributed by atoms with van der Waals surface area (Å²) in [5.41, 5.74) is 1.14. The number of aromatic nitrogens is 2. The first kappa shape index (κ1) is 18.0. The van der Waals surface area contributed by atoms with Crippen LogP contribution in [-0.2, 0) is 11.8 Å². The molecule has 2 aliphatic heterocycles. The normalized spacial score (nSPS) is 23.4. The standard InChI is InChI=1S/C19H22ClN5O2/c1-22-11-17(26)25(16-9-21-23(2)10-16)13-19(22)6-7-24(12-19)18(27)14-4-3-5-15(20)8-14/h3-5,8-10H,6-7,11-13H2,1-2H3/t19-/m0/s1. The molecule has 2 aliphatic rings. The van der Waals surface area contributed by atoms with Gasteiger partial charge in [-0.15, -0.1) is 0 Å². The number of amides is 2. The number of piperazine rings is 1. The van der Waals surface area contributed by atoms with E-state index in [-0.39, 0.29) is 17.4 Å². The predicted molar refractivity (Wildman–Crippen MR) is 103 cm³/mol. The van der Waals surface area contributed by atoms with E-state index in [2.05, 4.69) is 10.00 Å². The van der Waals surface area contributed by atoms with Crippen LogP contribution in [0.15, 0.2) is 36.7 Å². The molecular formula is C19H22ClN5O2. The molecule has 0 aliphatic carbocycles. The number of likely N-dealkylation sites (tertiary alicyclic amines) is 1. The van der Waals surface area contributed by atoms with Crippen LogP contribution in [0.1, 0.15) is 16.8 Å². The maximum absolute atomic E-state index is 12.9. The van der Waals surface area contributed by atoms with E-state index in [1.807, 2.05) is 25.2 Å². The maximum Gasteiger partial charge on any atom is 0.253 e. The van der Waals surface area contributed by atoms with Gasteiger partial charge in [0.05, 0.1) is 24.0 Å². The number of rotatable bonds is 2. The first-order valence-electron chi connectivity index (χ1n) is 8.93. The highest BCUT2D eigenvalue weighted by molar-refractivity contribution is 6.30. The third-order valence-corrected chi connectivity index (χ3v) is 5.86. The summed E-state index contributed by atoms with van der Waals surface area (Å²) in [5.74, 6) is 0.0309. The molecule has 1 aromatic carbocycles. The molecule has 0 radical (unpaired) electrons. The van der Waals surface area contributed by atoms with Crippen LogP contribution in [0.25, 0.3) is 0 Å². The lowest BCUT2D eigenvalue weighted by atomic mass is 9.93. The SMILES string of the molecule is CN1CC(=O)N(c2cnn(C)c2)C[C@@]12CCN(C(=O)c1cccc(Cl)c1)C2. The van der Waals surface area contributed by atoms with Crippen LogP contribution in [-0.4, -0.2) is 70.2 Å².